The molecule has 0 amide bonds. The third-order valence-corrected chi connectivity index (χ3v) is 2.91. The van der Waals surface area contributed by atoms with Crippen LogP contribution in [0.25, 0.3) is 10.9 Å². The van der Waals surface area contributed by atoms with E-state index in [2.05, 4.69) is 61.2 Å². The van der Waals surface area contributed by atoms with E-state index in [1.807, 2.05) is 0 Å². The van der Waals surface area contributed by atoms with Crippen LogP contribution in [-0.2, 0) is 7.05 Å². The molecule has 0 bridgehead atoms. The van der Waals surface area contributed by atoms with Crippen molar-refractivity contribution in [1.82, 2.24) is 4.57 Å². The molecular formula is C13H18N2. The Labute approximate surface area is 90.9 Å². The summed E-state index contributed by atoms with van der Waals surface area (Å²) in [5.41, 5.74) is 2.49. The molecule has 0 spiro atoms. The van der Waals surface area contributed by atoms with Gasteiger partial charge in [-0.25, -0.2) is 0 Å². The van der Waals surface area contributed by atoms with E-state index in [9.17, 15) is 0 Å². The molecule has 2 rings (SSSR count). The van der Waals surface area contributed by atoms with Crippen LogP contribution in [0.3, 0.4) is 0 Å². The Hall–Kier alpha value is -1.44. The van der Waals surface area contributed by atoms with Gasteiger partial charge >= 0.3 is 0 Å². The van der Waals surface area contributed by atoms with E-state index >= 15 is 0 Å². The Morgan fingerprint density at radius 3 is 2.87 bits per heavy atom. The second-order valence-corrected chi connectivity index (χ2v) is 4.15. The quantitative estimate of drug-likeness (QED) is 0.807. The molecule has 1 unspecified atom stereocenters. The van der Waals surface area contributed by atoms with Crippen LogP contribution in [0.1, 0.15) is 20.3 Å². The van der Waals surface area contributed by atoms with Crippen LogP contribution in [0.5, 0.6) is 0 Å². The fraction of sp³-hybridized carbons (Fsp3) is 0.385. The summed E-state index contributed by atoms with van der Waals surface area (Å²) in [6.07, 6.45) is 3.24. The first-order chi connectivity index (χ1) is 7.20. The summed E-state index contributed by atoms with van der Waals surface area (Å²) < 4.78 is 2.14. The first-order valence-corrected chi connectivity index (χ1v) is 5.52. The van der Waals surface area contributed by atoms with E-state index in [-0.39, 0.29) is 0 Å². The van der Waals surface area contributed by atoms with E-state index in [1.54, 1.807) is 0 Å². The molecule has 0 aliphatic heterocycles. The van der Waals surface area contributed by atoms with Gasteiger partial charge in [0.15, 0.2) is 0 Å². The maximum absolute atomic E-state index is 3.48. The molecule has 80 valence electrons. The van der Waals surface area contributed by atoms with Gasteiger partial charge in [0, 0.05) is 35.9 Å². The van der Waals surface area contributed by atoms with Crippen molar-refractivity contribution >= 4 is 16.6 Å². The minimum Gasteiger partial charge on any atom is -0.383 e. The molecule has 1 N–H and O–H groups in total. The van der Waals surface area contributed by atoms with Gasteiger partial charge in [0.1, 0.15) is 0 Å². The lowest BCUT2D eigenvalue weighted by Crippen LogP contribution is -2.13. The average Bonchev–Trinajstić information content (AvgIpc) is 2.60. The van der Waals surface area contributed by atoms with Gasteiger partial charge in [-0.3, -0.25) is 0 Å². The third kappa shape index (κ3) is 1.99. The molecule has 1 atom stereocenters. The maximum atomic E-state index is 3.48. The Balaban J connectivity index is 2.31. The van der Waals surface area contributed by atoms with Crippen LogP contribution >= 0.6 is 0 Å². The molecule has 0 aliphatic rings. The van der Waals surface area contributed by atoms with Crippen molar-refractivity contribution in [3.8, 4) is 0 Å². The zero-order valence-electron chi connectivity index (χ0n) is 9.62. The molecule has 0 saturated heterocycles. The first-order valence-electron chi connectivity index (χ1n) is 5.52. The third-order valence-electron chi connectivity index (χ3n) is 2.91. The lowest BCUT2D eigenvalue weighted by molar-refractivity contribution is 0.764. The summed E-state index contributed by atoms with van der Waals surface area (Å²) in [4.78, 5) is 0. The van der Waals surface area contributed by atoms with Crippen LogP contribution in [0.2, 0.25) is 0 Å². The van der Waals surface area contributed by atoms with E-state index in [1.165, 1.54) is 16.6 Å². The number of aromatic nitrogens is 1. The summed E-state index contributed by atoms with van der Waals surface area (Å²) in [6.45, 7) is 4.40. The van der Waals surface area contributed by atoms with Gasteiger partial charge in [0.05, 0.1) is 0 Å². The zero-order valence-corrected chi connectivity index (χ0v) is 9.62. The lowest BCUT2D eigenvalue weighted by Gasteiger charge is -2.12. The molecule has 1 aromatic carbocycles. The number of hydrogen-bond acceptors (Lipinski definition) is 1. The van der Waals surface area contributed by atoms with Gasteiger partial charge in [-0.1, -0.05) is 6.92 Å². The number of hydrogen-bond donors (Lipinski definition) is 1. The highest BCUT2D eigenvalue weighted by Crippen LogP contribution is 2.20. The molecule has 2 aromatic rings. The van der Waals surface area contributed by atoms with Gasteiger partial charge in [0.2, 0.25) is 0 Å². The minimum atomic E-state index is 0.533. The molecule has 0 aliphatic carbocycles. The van der Waals surface area contributed by atoms with Gasteiger partial charge in [-0.2, -0.15) is 0 Å². The van der Waals surface area contributed by atoms with Crippen LogP contribution in [0.4, 0.5) is 5.69 Å². The topological polar surface area (TPSA) is 17.0 Å². The number of anilines is 1. The predicted octanol–water partition coefficient (Wildman–Crippen LogP) is 3.39. The fourth-order valence-electron chi connectivity index (χ4n) is 1.76. The van der Waals surface area contributed by atoms with Gasteiger partial charge in [-0.15, -0.1) is 0 Å². The lowest BCUT2D eigenvalue weighted by atomic mass is 10.2. The van der Waals surface area contributed by atoms with E-state index < -0.39 is 0 Å². The molecule has 15 heavy (non-hydrogen) atoms. The Morgan fingerprint density at radius 1 is 1.33 bits per heavy atom. The van der Waals surface area contributed by atoms with E-state index in [0.717, 1.165) is 6.42 Å². The Bertz CT molecular complexity index is 457. The molecule has 0 fully saturated rings. The second kappa shape index (κ2) is 3.97. The van der Waals surface area contributed by atoms with Gasteiger partial charge < -0.3 is 9.88 Å². The zero-order chi connectivity index (χ0) is 10.8. The van der Waals surface area contributed by atoms with Crippen LogP contribution in [0.15, 0.2) is 30.5 Å². The Kier molecular flexibility index (Phi) is 2.67. The molecule has 2 heteroatoms. The van der Waals surface area contributed by atoms with Crippen molar-refractivity contribution < 1.29 is 0 Å². The number of nitrogens with one attached hydrogen (secondary N) is 1. The smallest absolute Gasteiger partial charge is 0.0479 e. The SMILES string of the molecule is CCC(C)Nc1ccc2c(ccn2C)c1. The number of aryl methyl sites for hydroxylation is 1. The number of benzene rings is 1. The monoisotopic (exact) mass is 202 g/mol. The number of nitrogens with zero attached hydrogens (tertiary/aromatic N) is 1. The number of fused-ring (bicyclic) bond motifs is 1. The van der Waals surface area contributed by atoms with Gasteiger partial charge in [-0.05, 0) is 37.6 Å². The van der Waals surface area contributed by atoms with E-state index in [4.69, 9.17) is 0 Å². The Morgan fingerprint density at radius 2 is 2.13 bits per heavy atom. The standard InChI is InChI=1S/C13H18N2/c1-4-10(2)14-12-5-6-13-11(9-12)7-8-15(13)3/h5-10,14H,4H2,1-3H3. The van der Waals surface area contributed by atoms with Crippen LogP contribution in [0, 0.1) is 0 Å². The van der Waals surface area contributed by atoms with E-state index in [0.29, 0.717) is 6.04 Å². The van der Waals surface area contributed by atoms with Crippen molar-refractivity contribution in [2.45, 2.75) is 26.3 Å². The highest BCUT2D eigenvalue weighted by atomic mass is 14.9. The van der Waals surface area contributed by atoms with Crippen molar-refractivity contribution in [2.24, 2.45) is 7.05 Å². The maximum Gasteiger partial charge on any atom is 0.0479 e. The predicted molar refractivity (Wildman–Crippen MR) is 66.3 cm³/mol. The number of rotatable bonds is 3. The minimum absolute atomic E-state index is 0.533. The summed E-state index contributed by atoms with van der Waals surface area (Å²) >= 11 is 0. The normalized spacial score (nSPS) is 13.0. The van der Waals surface area contributed by atoms with Gasteiger partial charge in [0.25, 0.3) is 0 Å². The average molecular weight is 202 g/mol. The van der Waals surface area contributed by atoms with Crippen molar-refractivity contribution in [1.29, 1.82) is 0 Å². The summed E-state index contributed by atoms with van der Waals surface area (Å²) in [5, 5.41) is 4.78. The fourth-order valence-corrected chi connectivity index (χ4v) is 1.76. The molecule has 0 saturated carbocycles. The highest BCUT2D eigenvalue weighted by Gasteiger charge is 2.01. The van der Waals surface area contributed by atoms with Crippen LogP contribution < -0.4 is 5.32 Å². The molecule has 2 nitrogen and oxygen atoms in total. The molecule has 0 radical (unpaired) electrons. The van der Waals surface area contributed by atoms with Crippen molar-refractivity contribution in [3.63, 3.8) is 0 Å². The highest BCUT2D eigenvalue weighted by molar-refractivity contribution is 5.83. The molecule has 1 aromatic heterocycles. The molecular weight excluding hydrogens is 184 g/mol. The summed E-state index contributed by atoms with van der Waals surface area (Å²) in [5.74, 6) is 0. The van der Waals surface area contributed by atoms with Crippen molar-refractivity contribution in [2.75, 3.05) is 5.32 Å². The largest absolute Gasteiger partial charge is 0.383 e. The molecule has 1 heterocycles. The second-order valence-electron chi connectivity index (χ2n) is 4.15. The summed E-state index contributed by atoms with van der Waals surface area (Å²) in [7, 11) is 2.07. The summed E-state index contributed by atoms with van der Waals surface area (Å²) in [6, 6.07) is 9.21. The van der Waals surface area contributed by atoms with Crippen molar-refractivity contribution in [3.05, 3.63) is 30.5 Å². The first kappa shape index (κ1) is 10.1. The van der Waals surface area contributed by atoms with Crippen LogP contribution in [-0.4, -0.2) is 10.6 Å².